The third kappa shape index (κ3) is 2.29. The van der Waals surface area contributed by atoms with E-state index >= 15 is 0 Å². The van der Waals surface area contributed by atoms with Gasteiger partial charge in [-0.05, 0) is 30.7 Å². The van der Waals surface area contributed by atoms with Crippen LogP contribution < -0.4 is 5.32 Å². The van der Waals surface area contributed by atoms with Crippen molar-refractivity contribution in [2.75, 3.05) is 11.9 Å². The minimum absolute atomic E-state index is 0.884. The third-order valence-corrected chi connectivity index (χ3v) is 2.99. The standard InChI is InChI=1S/C15H16N4/c1-2-10-16-14-8-5-9-15(18-14)19-11-17-12-6-3-4-7-13(12)19/h3-9,11H,2,10H2,1H3,(H,16,18). The minimum atomic E-state index is 0.884. The molecule has 0 aliphatic carbocycles. The van der Waals surface area contributed by atoms with E-state index in [1.807, 2.05) is 47.3 Å². The van der Waals surface area contributed by atoms with Gasteiger partial charge in [0.1, 0.15) is 18.0 Å². The predicted molar refractivity (Wildman–Crippen MR) is 77.6 cm³/mol. The maximum atomic E-state index is 4.61. The van der Waals surface area contributed by atoms with Crippen LogP contribution in [0.5, 0.6) is 0 Å². The van der Waals surface area contributed by atoms with Crippen molar-refractivity contribution in [2.45, 2.75) is 13.3 Å². The molecule has 0 amide bonds. The van der Waals surface area contributed by atoms with Gasteiger partial charge in [0, 0.05) is 6.54 Å². The van der Waals surface area contributed by atoms with E-state index in [4.69, 9.17) is 0 Å². The summed E-state index contributed by atoms with van der Waals surface area (Å²) < 4.78 is 2.01. The molecule has 1 aromatic carbocycles. The van der Waals surface area contributed by atoms with Crippen LogP contribution in [0.1, 0.15) is 13.3 Å². The Labute approximate surface area is 112 Å². The zero-order valence-electron chi connectivity index (χ0n) is 10.9. The Hall–Kier alpha value is -2.36. The lowest BCUT2D eigenvalue weighted by atomic mass is 10.3. The zero-order chi connectivity index (χ0) is 13.1. The molecule has 0 atom stereocenters. The second-order valence-corrected chi connectivity index (χ2v) is 4.41. The molecule has 2 heterocycles. The molecule has 3 rings (SSSR count). The van der Waals surface area contributed by atoms with Crippen molar-refractivity contribution in [1.82, 2.24) is 14.5 Å². The topological polar surface area (TPSA) is 42.7 Å². The van der Waals surface area contributed by atoms with Gasteiger partial charge in [0.15, 0.2) is 0 Å². The van der Waals surface area contributed by atoms with Crippen molar-refractivity contribution < 1.29 is 0 Å². The first-order chi connectivity index (χ1) is 9.38. The Balaban J connectivity index is 2.01. The van der Waals surface area contributed by atoms with Crippen molar-refractivity contribution in [2.24, 2.45) is 0 Å². The number of benzene rings is 1. The highest BCUT2D eigenvalue weighted by Gasteiger charge is 2.05. The van der Waals surface area contributed by atoms with Crippen LogP contribution in [-0.2, 0) is 0 Å². The highest BCUT2D eigenvalue weighted by atomic mass is 15.1. The molecule has 0 radical (unpaired) electrons. The van der Waals surface area contributed by atoms with E-state index in [0.717, 1.165) is 35.6 Å². The van der Waals surface area contributed by atoms with Gasteiger partial charge in [-0.3, -0.25) is 4.57 Å². The van der Waals surface area contributed by atoms with Crippen LogP contribution >= 0.6 is 0 Å². The molecule has 96 valence electrons. The number of rotatable bonds is 4. The second kappa shape index (κ2) is 5.10. The normalized spacial score (nSPS) is 10.8. The van der Waals surface area contributed by atoms with E-state index in [2.05, 4.69) is 28.3 Å². The predicted octanol–water partition coefficient (Wildman–Crippen LogP) is 3.24. The Morgan fingerprint density at radius 1 is 1.11 bits per heavy atom. The first-order valence-electron chi connectivity index (χ1n) is 6.52. The van der Waals surface area contributed by atoms with Gasteiger partial charge in [0.25, 0.3) is 0 Å². The molecular formula is C15H16N4. The summed E-state index contributed by atoms with van der Waals surface area (Å²) in [6.07, 6.45) is 2.90. The minimum Gasteiger partial charge on any atom is -0.370 e. The molecule has 0 aliphatic rings. The number of nitrogens with one attached hydrogen (secondary N) is 1. The van der Waals surface area contributed by atoms with Crippen LogP contribution in [0.2, 0.25) is 0 Å². The summed E-state index contributed by atoms with van der Waals surface area (Å²) >= 11 is 0. The molecule has 19 heavy (non-hydrogen) atoms. The van der Waals surface area contributed by atoms with E-state index in [1.54, 1.807) is 0 Å². The van der Waals surface area contributed by atoms with Gasteiger partial charge in [-0.2, -0.15) is 0 Å². The van der Waals surface area contributed by atoms with E-state index in [0.29, 0.717) is 0 Å². The SMILES string of the molecule is CCCNc1cccc(-n2cnc3ccccc32)n1. The maximum Gasteiger partial charge on any atom is 0.140 e. The van der Waals surface area contributed by atoms with Crippen molar-refractivity contribution >= 4 is 16.9 Å². The lowest BCUT2D eigenvalue weighted by Gasteiger charge is -2.07. The zero-order valence-corrected chi connectivity index (χ0v) is 10.9. The number of hydrogen-bond donors (Lipinski definition) is 1. The van der Waals surface area contributed by atoms with Gasteiger partial charge in [-0.25, -0.2) is 9.97 Å². The highest BCUT2D eigenvalue weighted by Crippen LogP contribution is 2.17. The van der Waals surface area contributed by atoms with Gasteiger partial charge in [0.2, 0.25) is 0 Å². The van der Waals surface area contributed by atoms with E-state index < -0.39 is 0 Å². The Kier molecular flexibility index (Phi) is 3.14. The number of aromatic nitrogens is 3. The second-order valence-electron chi connectivity index (χ2n) is 4.41. The van der Waals surface area contributed by atoms with Crippen molar-refractivity contribution in [3.63, 3.8) is 0 Å². The summed E-state index contributed by atoms with van der Waals surface area (Å²) in [5.41, 5.74) is 2.05. The molecule has 0 unspecified atom stereocenters. The number of imidazole rings is 1. The van der Waals surface area contributed by atoms with Gasteiger partial charge in [-0.15, -0.1) is 0 Å². The average Bonchev–Trinajstić information content (AvgIpc) is 2.89. The van der Waals surface area contributed by atoms with Crippen LogP contribution in [0.15, 0.2) is 48.8 Å². The molecule has 3 aromatic rings. The summed E-state index contributed by atoms with van der Waals surface area (Å²) in [6, 6.07) is 14.0. The molecule has 2 aromatic heterocycles. The Bertz CT molecular complexity index is 687. The summed E-state index contributed by atoms with van der Waals surface area (Å²) in [7, 11) is 0. The van der Waals surface area contributed by atoms with E-state index in [9.17, 15) is 0 Å². The monoisotopic (exact) mass is 252 g/mol. The number of hydrogen-bond acceptors (Lipinski definition) is 3. The van der Waals surface area contributed by atoms with E-state index in [-0.39, 0.29) is 0 Å². The molecule has 1 N–H and O–H groups in total. The van der Waals surface area contributed by atoms with Crippen LogP contribution in [0.25, 0.3) is 16.9 Å². The van der Waals surface area contributed by atoms with Gasteiger partial charge < -0.3 is 5.32 Å². The van der Waals surface area contributed by atoms with Crippen molar-refractivity contribution in [3.05, 3.63) is 48.8 Å². The Morgan fingerprint density at radius 2 is 2.00 bits per heavy atom. The Morgan fingerprint density at radius 3 is 2.89 bits per heavy atom. The first kappa shape index (κ1) is 11.7. The first-order valence-corrected chi connectivity index (χ1v) is 6.52. The fourth-order valence-electron chi connectivity index (χ4n) is 2.05. The number of pyridine rings is 1. The smallest absolute Gasteiger partial charge is 0.140 e. The number of para-hydroxylation sites is 2. The van der Waals surface area contributed by atoms with Crippen LogP contribution in [-0.4, -0.2) is 21.1 Å². The van der Waals surface area contributed by atoms with Crippen molar-refractivity contribution in [3.8, 4) is 5.82 Å². The summed E-state index contributed by atoms with van der Waals surface area (Å²) in [5, 5.41) is 3.30. The van der Waals surface area contributed by atoms with Gasteiger partial charge in [-0.1, -0.05) is 25.1 Å². The average molecular weight is 252 g/mol. The summed E-state index contributed by atoms with van der Waals surface area (Å²) in [6.45, 7) is 3.07. The van der Waals surface area contributed by atoms with Crippen molar-refractivity contribution in [1.29, 1.82) is 0 Å². The van der Waals surface area contributed by atoms with Crippen LogP contribution in [0.4, 0.5) is 5.82 Å². The molecule has 0 bridgehead atoms. The molecule has 0 fully saturated rings. The molecule has 4 heteroatoms. The number of fused-ring (bicyclic) bond motifs is 1. The summed E-state index contributed by atoms with van der Waals surface area (Å²) in [5.74, 6) is 1.78. The van der Waals surface area contributed by atoms with Crippen LogP contribution in [0, 0.1) is 0 Å². The maximum absolute atomic E-state index is 4.61. The largest absolute Gasteiger partial charge is 0.370 e. The third-order valence-electron chi connectivity index (χ3n) is 2.99. The van der Waals surface area contributed by atoms with E-state index in [1.165, 1.54) is 0 Å². The summed E-state index contributed by atoms with van der Waals surface area (Å²) in [4.78, 5) is 9.00. The molecule has 4 nitrogen and oxygen atoms in total. The number of nitrogens with zero attached hydrogens (tertiary/aromatic N) is 3. The van der Waals surface area contributed by atoms with Gasteiger partial charge in [0.05, 0.1) is 11.0 Å². The quantitative estimate of drug-likeness (QED) is 0.775. The molecule has 0 aliphatic heterocycles. The lowest BCUT2D eigenvalue weighted by molar-refractivity contribution is 0.957. The lowest BCUT2D eigenvalue weighted by Crippen LogP contribution is -2.04. The fraction of sp³-hybridized carbons (Fsp3) is 0.200. The highest BCUT2D eigenvalue weighted by molar-refractivity contribution is 5.76. The molecular weight excluding hydrogens is 236 g/mol. The molecule has 0 saturated carbocycles. The fourth-order valence-corrected chi connectivity index (χ4v) is 2.05. The molecule has 0 saturated heterocycles. The van der Waals surface area contributed by atoms with Crippen LogP contribution in [0.3, 0.4) is 0 Å². The van der Waals surface area contributed by atoms with Gasteiger partial charge >= 0.3 is 0 Å². The number of anilines is 1. The molecule has 0 spiro atoms.